The van der Waals surface area contributed by atoms with E-state index in [1.54, 1.807) is 11.8 Å². The Labute approximate surface area is 207 Å². The lowest BCUT2D eigenvalue weighted by molar-refractivity contribution is -0.140. The number of nitrogens with zero attached hydrogens (tertiary/aromatic N) is 2. The predicted molar refractivity (Wildman–Crippen MR) is 139 cm³/mol. The molecule has 0 radical (unpaired) electrons. The first-order valence-electron chi connectivity index (χ1n) is 12.6. The van der Waals surface area contributed by atoms with E-state index in [-0.39, 0.29) is 17.9 Å². The molecule has 3 aliphatic rings. The van der Waals surface area contributed by atoms with Gasteiger partial charge in [0.15, 0.2) is 0 Å². The van der Waals surface area contributed by atoms with Crippen LogP contribution in [0.5, 0.6) is 0 Å². The van der Waals surface area contributed by atoms with E-state index >= 15 is 0 Å². The normalized spacial score (nSPS) is 27.0. The zero-order chi connectivity index (χ0) is 23.5. The van der Waals surface area contributed by atoms with Crippen LogP contribution < -0.4 is 0 Å². The number of thioether (sulfide) groups is 1. The Morgan fingerprint density at radius 1 is 0.971 bits per heavy atom. The molecule has 1 saturated carbocycles. The van der Waals surface area contributed by atoms with Crippen LogP contribution in [0, 0.1) is 11.8 Å². The highest BCUT2D eigenvalue weighted by atomic mass is 32.2. The van der Waals surface area contributed by atoms with Crippen LogP contribution in [0.4, 0.5) is 0 Å². The number of benzene rings is 2. The molecule has 5 rings (SSSR count). The van der Waals surface area contributed by atoms with E-state index in [4.69, 9.17) is 0 Å². The van der Waals surface area contributed by atoms with Crippen LogP contribution in [-0.4, -0.2) is 53.0 Å². The summed E-state index contributed by atoms with van der Waals surface area (Å²) < 4.78 is 0. The van der Waals surface area contributed by atoms with Gasteiger partial charge in [0.25, 0.3) is 5.91 Å². The standard InChI is InChI=1S/C29H34N2O2S/c1-30-25-20-24(12-13-26(25)34-27(29(30)33)19-22-10-6-3-7-11-22)28(32)31-16-14-23(15-17-31)18-21-8-4-2-5-9-21/h2-11,19,23-26H,12-18,20H2,1H3/b27-19+. The first-order chi connectivity index (χ1) is 16.6. The Hall–Kier alpha value is -2.53. The minimum absolute atomic E-state index is 0.0439. The molecule has 5 heteroatoms. The molecule has 2 aliphatic heterocycles. The smallest absolute Gasteiger partial charge is 0.260 e. The molecule has 1 aliphatic carbocycles. The van der Waals surface area contributed by atoms with Gasteiger partial charge in [-0.15, -0.1) is 11.8 Å². The molecule has 178 valence electrons. The second-order valence-corrected chi connectivity index (χ2v) is 11.3. The molecular formula is C29H34N2O2S. The molecule has 2 aromatic carbocycles. The first-order valence-corrected chi connectivity index (χ1v) is 13.5. The third kappa shape index (κ3) is 5.10. The number of likely N-dealkylation sites (N-methyl/N-ethyl adjacent to an activating group) is 1. The number of hydrogen-bond acceptors (Lipinski definition) is 3. The van der Waals surface area contributed by atoms with Gasteiger partial charge >= 0.3 is 0 Å². The molecule has 0 spiro atoms. The number of fused-ring (bicyclic) bond motifs is 1. The first kappa shape index (κ1) is 23.2. The van der Waals surface area contributed by atoms with E-state index in [0.29, 0.717) is 17.1 Å². The molecular weight excluding hydrogens is 440 g/mol. The van der Waals surface area contributed by atoms with Gasteiger partial charge in [-0.3, -0.25) is 9.59 Å². The third-order valence-corrected chi connectivity index (χ3v) is 9.20. The van der Waals surface area contributed by atoms with Crippen LogP contribution in [-0.2, 0) is 16.0 Å². The summed E-state index contributed by atoms with van der Waals surface area (Å²) in [6.07, 6.45) is 8.00. The molecule has 2 aromatic rings. The summed E-state index contributed by atoms with van der Waals surface area (Å²) in [6, 6.07) is 20.9. The van der Waals surface area contributed by atoms with Crippen molar-refractivity contribution in [1.29, 1.82) is 0 Å². The van der Waals surface area contributed by atoms with Crippen LogP contribution in [0.3, 0.4) is 0 Å². The summed E-state index contributed by atoms with van der Waals surface area (Å²) in [6.45, 7) is 1.74. The van der Waals surface area contributed by atoms with E-state index in [0.717, 1.165) is 62.1 Å². The van der Waals surface area contributed by atoms with Crippen molar-refractivity contribution in [3.8, 4) is 0 Å². The van der Waals surface area contributed by atoms with Crippen LogP contribution >= 0.6 is 11.8 Å². The number of hydrogen-bond donors (Lipinski definition) is 0. The van der Waals surface area contributed by atoms with Crippen LogP contribution in [0.25, 0.3) is 6.08 Å². The van der Waals surface area contributed by atoms with Gasteiger partial charge in [-0.2, -0.15) is 0 Å². The van der Waals surface area contributed by atoms with Crippen molar-refractivity contribution in [3.05, 3.63) is 76.7 Å². The second kappa shape index (κ2) is 10.4. The minimum Gasteiger partial charge on any atom is -0.342 e. The van der Waals surface area contributed by atoms with Gasteiger partial charge in [0.2, 0.25) is 5.91 Å². The van der Waals surface area contributed by atoms with Crippen molar-refractivity contribution >= 4 is 29.7 Å². The molecule has 3 fully saturated rings. The maximum atomic E-state index is 13.4. The molecule has 3 atom stereocenters. The highest BCUT2D eigenvalue weighted by Gasteiger charge is 2.43. The van der Waals surface area contributed by atoms with Crippen molar-refractivity contribution in [1.82, 2.24) is 9.80 Å². The minimum atomic E-state index is 0.0439. The molecule has 3 unspecified atom stereocenters. The van der Waals surface area contributed by atoms with Crippen molar-refractivity contribution < 1.29 is 9.59 Å². The number of rotatable bonds is 4. The fraction of sp³-hybridized carbons (Fsp3) is 0.448. The van der Waals surface area contributed by atoms with Crippen molar-refractivity contribution in [2.45, 2.75) is 49.8 Å². The Balaban J connectivity index is 1.17. The summed E-state index contributed by atoms with van der Waals surface area (Å²) in [5.41, 5.74) is 2.46. The highest BCUT2D eigenvalue weighted by molar-refractivity contribution is 8.04. The zero-order valence-corrected chi connectivity index (χ0v) is 20.8. The average Bonchev–Trinajstić information content (AvgIpc) is 2.88. The molecule has 2 heterocycles. The summed E-state index contributed by atoms with van der Waals surface area (Å²) in [4.78, 5) is 31.3. The van der Waals surface area contributed by atoms with Crippen molar-refractivity contribution in [2.24, 2.45) is 11.8 Å². The predicted octanol–water partition coefficient (Wildman–Crippen LogP) is 5.25. The highest BCUT2D eigenvalue weighted by Crippen LogP contribution is 2.43. The summed E-state index contributed by atoms with van der Waals surface area (Å²) in [7, 11) is 1.92. The molecule has 2 saturated heterocycles. The number of piperidine rings is 1. The van der Waals surface area contributed by atoms with E-state index in [1.165, 1.54) is 5.56 Å². The number of carbonyl (C=O) groups is 2. The molecule has 4 nitrogen and oxygen atoms in total. The summed E-state index contributed by atoms with van der Waals surface area (Å²) in [5, 5.41) is 0.373. The lowest BCUT2D eigenvalue weighted by atomic mass is 9.82. The zero-order valence-electron chi connectivity index (χ0n) is 19.9. The Morgan fingerprint density at radius 2 is 1.65 bits per heavy atom. The lowest BCUT2D eigenvalue weighted by Gasteiger charge is -2.45. The second-order valence-electron chi connectivity index (χ2n) is 10.0. The fourth-order valence-electron chi connectivity index (χ4n) is 5.79. The molecule has 0 aromatic heterocycles. The van der Waals surface area contributed by atoms with Crippen molar-refractivity contribution in [2.75, 3.05) is 20.1 Å². The van der Waals surface area contributed by atoms with Gasteiger partial charge in [0.1, 0.15) is 0 Å². The topological polar surface area (TPSA) is 40.6 Å². The molecule has 2 amide bonds. The SMILES string of the molecule is CN1C(=O)/C(=C\c2ccccc2)SC2CCC(C(=O)N3CCC(Cc4ccccc4)CC3)CC21. The average molecular weight is 475 g/mol. The van der Waals surface area contributed by atoms with Crippen LogP contribution in [0.2, 0.25) is 0 Å². The monoisotopic (exact) mass is 474 g/mol. The van der Waals surface area contributed by atoms with Gasteiger partial charge < -0.3 is 9.80 Å². The van der Waals surface area contributed by atoms with E-state index < -0.39 is 0 Å². The number of carbonyl (C=O) groups excluding carboxylic acids is 2. The quantitative estimate of drug-likeness (QED) is 0.568. The van der Waals surface area contributed by atoms with E-state index in [1.807, 2.05) is 48.4 Å². The van der Waals surface area contributed by atoms with Crippen molar-refractivity contribution in [3.63, 3.8) is 0 Å². The maximum Gasteiger partial charge on any atom is 0.260 e. The maximum absolute atomic E-state index is 13.4. The lowest BCUT2D eigenvalue weighted by Crippen LogP contribution is -2.53. The summed E-state index contributed by atoms with van der Waals surface area (Å²) >= 11 is 1.72. The van der Waals surface area contributed by atoms with Crippen LogP contribution in [0.1, 0.15) is 43.2 Å². The fourth-order valence-corrected chi connectivity index (χ4v) is 7.27. The number of amides is 2. The van der Waals surface area contributed by atoms with E-state index in [2.05, 4.69) is 35.2 Å². The van der Waals surface area contributed by atoms with Gasteiger partial charge in [0, 0.05) is 37.3 Å². The van der Waals surface area contributed by atoms with Gasteiger partial charge in [-0.25, -0.2) is 0 Å². The summed E-state index contributed by atoms with van der Waals surface area (Å²) in [5.74, 6) is 1.11. The van der Waals surface area contributed by atoms with E-state index in [9.17, 15) is 9.59 Å². The Morgan fingerprint density at radius 3 is 2.35 bits per heavy atom. The number of likely N-dealkylation sites (tertiary alicyclic amines) is 1. The molecule has 34 heavy (non-hydrogen) atoms. The molecule has 0 bridgehead atoms. The molecule has 0 N–H and O–H groups in total. The van der Waals surface area contributed by atoms with Gasteiger partial charge in [-0.1, -0.05) is 60.7 Å². The van der Waals surface area contributed by atoms with Crippen LogP contribution in [0.15, 0.2) is 65.6 Å². The largest absolute Gasteiger partial charge is 0.342 e. The van der Waals surface area contributed by atoms with Gasteiger partial charge in [0.05, 0.1) is 4.91 Å². The third-order valence-electron chi connectivity index (χ3n) is 7.80. The Bertz CT molecular complexity index is 1030. The van der Waals surface area contributed by atoms with Gasteiger partial charge in [-0.05, 0) is 61.6 Å². The Kier molecular flexibility index (Phi) is 7.10.